The van der Waals surface area contributed by atoms with Crippen LogP contribution in [0.25, 0.3) is 0 Å². The summed E-state index contributed by atoms with van der Waals surface area (Å²) in [5.74, 6) is -0.157. The zero-order valence-corrected chi connectivity index (χ0v) is 13.1. The zero-order chi connectivity index (χ0) is 15.2. The van der Waals surface area contributed by atoms with Gasteiger partial charge in [-0.3, -0.25) is 4.90 Å². The van der Waals surface area contributed by atoms with Gasteiger partial charge in [-0.15, -0.1) is 0 Å². The molecule has 2 aromatic rings. The highest BCUT2D eigenvalue weighted by Gasteiger charge is 2.14. The van der Waals surface area contributed by atoms with Crippen LogP contribution in [0.3, 0.4) is 0 Å². The van der Waals surface area contributed by atoms with E-state index in [0.29, 0.717) is 5.02 Å². The number of likely N-dealkylation sites (N-methyl/N-ethyl adjacent to an activating group) is 1. The Morgan fingerprint density at radius 3 is 2.52 bits per heavy atom. The number of rotatable bonds is 6. The number of hydrogen-bond donors (Lipinski definition) is 1. The molecule has 0 aliphatic heterocycles. The van der Waals surface area contributed by atoms with Crippen LogP contribution in [-0.4, -0.2) is 25.0 Å². The first kappa shape index (κ1) is 15.8. The Labute approximate surface area is 130 Å². The van der Waals surface area contributed by atoms with Gasteiger partial charge in [0.05, 0.1) is 10.7 Å². The number of nitrogens with one attached hydrogen (secondary N) is 1. The molecule has 112 valence electrons. The Kier molecular flexibility index (Phi) is 5.59. The zero-order valence-electron chi connectivity index (χ0n) is 12.3. The summed E-state index contributed by atoms with van der Waals surface area (Å²) in [6.07, 6.45) is 0. The van der Waals surface area contributed by atoms with Gasteiger partial charge in [0, 0.05) is 24.7 Å². The van der Waals surface area contributed by atoms with E-state index in [1.807, 2.05) is 50.4 Å². The topological polar surface area (TPSA) is 15.3 Å². The molecular weight excluding hydrogens is 287 g/mol. The lowest BCUT2D eigenvalue weighted by atomic mass is 10.1. The summed E-state index contributed by atoms with van der Waals surface area (Å²) in [5.41, 5.74) is 1.64. The minimum atomic E-state index is -0.157. The van der Waals surface area contributed by atoms with Gasteiger partial charge >= 0.3 is 0 Å². The monoisotopic (exact) mass is 306 g/mol. The van der Waals surface area contributed by atoms with E-state index >= 15 is 0 Å². The Bertz CT molecular complexity index is 589. The van der Waals surface area contributed by atoms with Gasteiger partial charge < -0.3 is 5.32 Å². The van der Waals surface area contributed by atoms with Crippen molar-refractivity contribution in [3.63, 3.8) is 0 Å². The number of halogens is 2. The van der Waals surface area contributed by atoms with E-state index in [4.69, 9.17) is 11.6 Å². The van der Waals surface area contributed by atoms with Crippen LogP contribution in [0.4, 0.5) is 10.1 Å². The summed E-state index contributed by atoms with van der Waals surface area (Å²) in [6, 6.07) is 14.6. The van der Waals surface area contributed by atoms with E-state index in [2.05, 4.69) is 10.2 Å². The number of benzene rings is 2. The van der Waals surface area contributed by atoms with Crippen molar-refractivity contribution in [1.82, 2.24) is 4.90 Å². The molecule has 21 heavy (non-hydrogen) atoms. The van der Waals surface area contributed by atoms with Crippen molar-refractivity contribution in [3.05, 3.63) is 64.9 Å². The van der Waals surface area contributed by atoms with Crippen molar-refractivity contribution in [2.45, 2.75) is 13.0 Å². The van der Waals surface area contributed by atoms with Gasteiger partial charge in [-0.2, -0.15) is 0 Å². The smallest absolute Gasteiger partial charge is 0.127 e. The van der Waals surface area contributed by atoms with Gasteiger partial charge in [0.25, 0.3) is 0 Å². The molecule has 0 heterocycles. The van der Waals surface area contributed by atoms with Crippen LogP contribution < -0.4 is 5.32 Å². The minimum absolute atomic E-state index is 0.0271. The van der Waals surface area contributed by atoms with Gasteiger partial charge in [-0.05, 0) is 32.2 Å². The van der Waals surface area contributed by atoms with E-state index in [1.165, 1.54) is 6.07 Å². The second kappa shape index (κ2) is 7.43. The van der Waals surface area contributed by atoms with Gasteiger partial charge in [0.15, 0.2) is 0 Å². The van der Waals surface area contributed by atoms with E-state index in [1.54, 1.807) is 6.07 Å². The molecular formula is C17H20ClFN2. The normalized spacial score (nSPS) is 12.4. The van der Waals surface area contributed by atoms with E-state index in [0.717, 1.165) is 24.3 Å². The predicted molar refractivity (Wildman–Crippen MR) is 87.4 cm³/mol. The highest BCUT2D eigenvalue weighted by molar-refractivity contribution is 6.33. The maximum absolute atomic E-state index is 13.8. The fraction of sp³-hybridized carbons (Fsp3) is 0.294. The molecule has 0 saturated carbocycles. The molecule has 0 aromatic heterocycles. The summed E-state index contributed by atoms with van der Waals surface area (Å²) >= 11 is 6.09. The van der Waals surface area contributed by atoms with Crippen molar-refractivity contribution in [2.24, 2.45) is 0 Å². The molecule has 0 aliphatic rings. The highest BCUT2D eigenvalue weighted by Crippen LogP contribution is 2.22. The van der Waals surface area contributed by atoms with Crippen LogP contribution in [0.5, 0.6) is 0 Å². The third-order valence-corrected chi connectivity index (χ3v) is 4.00. The second-order valence-corrected chi connectivity index (χ2v) is 5.49. The summed E-state index contributed by atoms with van der Waals surface area (Å²) in [6.45, 7) is 3.55. The van der Waals surface area contributed by atoms with Crippen molar-refractivity contribution in [1.29, 1.82) is 0 Å². The second-order valence-electron chi connectivity index (χ2n) is 5.08. The molecule has 1 atom stereocenters. The lowest BCUT2D eigenvalue weighted by Gasteiger charge is -2.25. The fourth-order valence-corrected chi connectivity index (χ4v) is 2.42. The first-order valence-corrected chi connectivity index (χ1v) is 7.40. The van der Waals surface area contributed by atoms with Crippen molar-refractivity contribution >= 4 is 17.3 Å². The predicted octanol–water partition coefficient (Wildman–Crippen LogP) is 4.58. The molecule has 2 nitrogen and oxygen atoms in total. The van der Waals surface area contributed by atoms with Crippen LogP contribution in [0.15, 0.2) is 48.5 Å². The summed E-state index contributed by atoms with van der Waals surface area (Å²) in [5, 5.41) is 4.01. The van der Waals surface area contributed by atoms with Crippen molar-refractivity contribution in [2.75, 3.05) is 25.5 Å². The number of anilines is 1. The molecule has 2 rings (SSSR count). The highest BCUT2D eigenvalue weighted by atomic mass is 35.5. The molecule has 0 radical (unpaired) electrons. The molecule has 0 spiro atoms. The largest absolute Gasteiger partial charge is 0.383 e. The minimum Gasteiger partial charge on any atom is -0.383 e. The molecule has 0 saturated heterocycles. The molecule has 0 bridgehead atoms. The van der Waals surface area contributed by atoms with Crippen LogP contribution in [-0.2, 0) is 0 Å². The third-order valence-electron chi connectivity index (χ3n) is 3.67. The maximum atomic E-state index is 13.8. The molecule has 0 fully saturated rings. The van der Waals surface area contributed by atoms with E-state index < -0.39 is 0 Å². The SMILES string of the molecule is CC(c1ccccc1F)N(C)CCNc1ccccc1Cl. The molecule has 2 aromatic carbocycles. The molecule has 1 N–H and O–H groups in total. The quantitative estimate of drug-likeness (QED) is 0.840. The lowest BCUT2D eigenvalue weighted by Crippen LogP contribution is -2.28. The first-order valence-electron chi connectivity index (χ1n) is 7.02. The van der Waals surface area contributed by atoms with Gasteiger partial charge in [0.2, 0.25) is 0 Å². The third kappa shape index (κ3) is 4.19. The average Bonchev–Trinajstić information content (AvgIpc) is 2.49. The van der Waals surface area contributed by atoms with E-state index in [-0.39, 0.29) is 11.9 Å². The van der Waals surface area contributed by atoms with Gasteiger partial charge in [0.1, 0.15) is 5.82 Å². The van der Waals surface area contributed by atoms with Gasteiger partial charge in [-0.25, -0.2) is 4.39 Å². The molecule has 4 heteroatoms. The number of para-hydroxylation sites is 1. The summed E-state index contributed by atoms with van der Waals surface area (Å²) in [4.78, 5) is 2.11. The first-order chi connectivity index (χ1) is 10.1. The van der Waals surface area contributed by atoms with Gasteiger partial charge in [-0.1, -0.05) is 41.9 Å². The Morgan fingerprint density at radius 2 is 1.81 bits per heavy atom. The van der Waals surface area contributed by atoms with Crippen LogP contribution in [0.2, 0.25) is 5.02 Å². The maximum Gasteiger partial charge on any atom is 0.127 e. The standard InChI is InChI=1S/C17H20ClFN2/c1-13(14-7-3-5-9-16(14)19)21(2)12-11-20-17-10-6-4-8-15(17)18/h3-10,13,20H,11-12H2,1-2H3. The summed E-state index contributed by atoms with van der Waals surface area (Å²) < 4.78 is 13.8. The Balaban J connectivity index is 1.89. The molecule has 0 aliphatic carbocycles. The number of nitrogens with zero attached hydrogens (tertiary/aromatic N) is 1. The van der Waals surface area contributed by atoms with Crippen molar-refractivity contribution in [3.8, 4) is 0 Å². The molecule has 1 unspecified atom stereocenters. The lowest BCUT2D eigenvalue weighted by molar-refractivity contribution is 0.266. The number of hydrogen-bond acceptors (Lipinski definition) is 2. The van der Waals surface area contributed by atoms with Crippen LogP contribution in [0, 0.1) is 5.82 Å². The molecule has 0 amide bonds. The average molecular weight is 307 g/mol. The van der Waals surface area contributed by atoms with E-state index in [9.17, 15) is 4.39 Å². The van der Waals surface area contributed by atoms with Crippen molar-refractivity contribution < 1.29 is 4.39 Å². The Morgan fingerprint density at radius 1 is 1.14 bits per heavy atom. The van der Waals surface area contributed by atoms with Crippen LogP contribution in [0.1, 0.15) is 18.5 Å². The van der Waals surface area contributed by atoms with Crippen LogP contribution >= 0.6 is 11.6 Å². The fourth-order valence-electron chi connectivity index (χ4n) is 2.22. The Hall–Kier alpha value is -1.58. The summed E-state index contributed by atoms with van der Waals surface area (Å²) in [7, 11) is 1.99.